The molecule has 0 bridgehead atoms. The van der Waals surface area contributed by atoms with Gasteiger partial charge in [0.25, 0.3) is 0 Å². The van der Waals surface area contributed by atoms with Crippen molar-refractivity contribution in [3.8, 4) is 11.5 Å². The van der Waals surface area contributed by atoms with Crippen LogP contribution < -0.4 is 15.2 Å². The Hall–Kier alpha value is -2.00. The van der Waals surface area contributed by atoms with Crippen LogP contribution in [0.3, 0.4) is 0 Å². The summed E-state index contributed by atoms with van der Waals surface area (Å²) in [6, 6.07) is 12.1. The van der Waals surface area contributed by atoms with Crippen LogP contribution in [-0.2, 0) is 13.2 Å². The number of hydrogen-bond acceptors (Lipinski definition) is 3. The first-order valence-corrected chi connectivity index (χ1v) is 6.70. The number of nitrogens with two attached hydrogens (primary N) is 1. The van der Waals surface area contributed by atoms with E-state index in [9.17, 15) is 0 Å². The van der Waals surface area contributed by atoms with Gasteiger partial charge < -0.3 is 15.2 Å². The van der Waals surface area contributed by atoms with Crippen LogP contribution in [0.5, 0.6) is 11.5 Å². The lowest BCUT2D eigenvalue weighted by Crippen LogP contribution is -2.04. The van der Waals surface area contributed by atoms with Gasteiger partial charge in [0, 0.05) is 17.7 Å². The quantitative estimate of drug-likeness (QED) is 0.907. The maximum absolute atomic E-state index is 5.91. The molecule has 0 fully saturated rings. The molecule has 0 aliphatic heterocycles. The summed E-state index contributed by atoms with van der Waals surface area (Å²) in [7, 11) is 1.67. The van der Waals surface area contributed by atoms with Crippen molar-refractivity contribution in [1.29, 1.82) is 0 Å². The minimum atomic E-state index is 0.473. The first-order chi connectivity index (χ1) is 9.63. The monoisotopic (exact) mass is 271 g/mol. The van der Waals surface area contributed by atoms with Crippen molar-refractivity contribution in [3.63, 3.8) is 0 Å². The number of rotatable bonds is 5. The van der Waals surface area contributed by atoms with Crippen molar-refractivity contribution >= 4 is 0 Å². The van der Waals surface area contributed by atoms with Gasteiger partial charge in [0.05, 0.1) is 7.11 Å². The number of benzene rings is 2. The third-order valence-electron chi connectivity index (χ3n) is 3.25. The standard InChI is InChI=1S/C17H21NO2/c1-12-5-7-17(14(8-12)10-18)20-11-15-9-13(2)4-6-16(15)19-3/h4-9H,10-11,18H2,1-3H3. The topological polar surface area (TPSA) is 44.5 Å². The zero-order valence-electron chi connectivity index (χ0n) is 12.3. The molecule has 0 unspecified atom stereocenters. The fourth-order valence-corrected chi connectivity index (χ4v) is 2.18. The molecule has 0 amide bonds. The Morgan fingerprint density at radius 3 is 2.10 bits per heavy atom. The van der Waals surface area contributed by atoms with Gasteiger partial charge in [-0.1, -0.05) is 29.3 Å². The molecule has 106 valence electrons. The van der Waals surface area contributed by atoms with Gasteiger partial charge in [-0.25, -0.2) is 0 Å². The van der Waals surface area contributed by atoms with Crippen molar-refractivity contribution in [2.75, 3.05) is 7.11 Å². The molecule has 0 aliphatic carbocycles. The number of aryl methyl sites for hydroxylation is 2. The molecule has 20 heavy (non-hydrogen) atoms. The van der Waals surface area contributed by atoms with E-state index < -0.39 is 0 Å². The maximum atomic E-state index is 5.91. The third-order valence-corrected chi connectivity index (χ3v) is 3.25. The zero-order valence-corrected chi connectivity index (χ0v) is 12.3. The Morgan fingerprint density at radius 1 is 0.900 bits per heavy atom. The lowest BCUT2D eigenvalue weighted by molar-refractivity contribution is 0.293. The van der Waals surface area contributed by atoms with E-state index in [4.69, 9.17) is 15.2 Å². The highest BCUT2D eigenvalue weighted by Crippen LogP contribution is 2.24. The van der Waals surface area contributed by atoms with E-state index in [1.807, 2.05) is 31.2 Å². The molecule has 2 rings (SSSR count). The lowest BCUT2D eigenvalue weighted by Gasteiger charge is -2.13. The predicted molar refractivity (Wildman–Crippen MR) is 81.1 cm³/mol. The Balaban J connectivity index is 2.18. The average molecular weight is 271 g/mol. The molecule has 0 saturated heterocycles. The molecule has 0 spiro atoms. The van der Waals surface area contributed by atoms with Gasteiger partial charge in [-0.2, -0.15) is 0 Å². The van der Waals surface area contributed by atoms with Crippen LogP contribution in [0.25, 0.3) is 0 Å². The first-order valence-electron chi connectivity index (χ1n) is 6.70. The second-order valence-corrected chi connectivity index (χ2v) is 4.92. The summed E-state index contributed by atoms with van der Waals surface area (Å²) in [5.74, 6) is 1.68. The summed E-state index contributed by atoms with van der Waals surface area (Å²) < 4.78 is 11.3. The van der Waals surface area contributed by atoms with Crippen molar-refractivity contribution in [2.45, 2.75) is 27.0 Å². The SMILES string of the molecule is COc1ccc(C)cc1COc1ccc(C)cc1CN. The average Bonchev–Trinajstić information content (AvgIpc) is 2.46. The lowest BCUT2D eigenvalue weighted by atomic mass is 10.1. The molecule has 3 heteroatoms. The summed E-state index contributed by atoms with van der Waals surface area (Å²) in [6.45, 7) is 5.05. The Labute approximate surface area is 120 Å². The molecule has 0 heterocycles. The normalized spacial score (nSPS) is 10.4. The summed E-state index contributed by atoms with van der Waals surface area (Å²) in [6.07, 6.45) is 0. The van der Waals surface area contributed by atoms with Crippen LogP contribution >= 0.6 is 0 Å². The molecule has 0 aromatic heterocycles. The predicted octanol–water partition coefficient (Wildman–Crippen LogP) is 3.35. The van der Waals surface area contributed by atoms with E-state index >= 15 is 0 Å². The van der Waals surface area contributed by atoms with Gasteiger partial charge in [0.1, 0.15) is 18.1 Å². The molecule has 0 radical (unpaired) electrons. The molecule has 0 atom stereocenters. The third kappa shape index (κ3) is 3.31. The fourth-order valence-electron chi connectivity index (χ4n) is 2.18. The van der Waals surface area contributed by atoms with Gasteiger partial charge in [0.2, 0.25) is 0 Å². The largest absolute Gasteiger partial charge is 0.496 e. The number of hydrogen-bond donors (Lipinski definition) is 1. The molecule has 2 aromatic carbocycles. The highest BCUT2D eigenvalue weighted by molar-refractivity contribution is 5.39. The summed E-state index contributed by atoms with van der Waals surface area (Å²) >= 11 is 0. The van der Waals surface area contributed by atoms with Gasteiger partial charge in [0.15, 0.2) is 0 Å². The first kappa shape index (κ1) is 14.4. The van der Waals surface area contributed by atoms with Gasteiger partial charge >= 0.3 is 0 Å². The van der Waals surface area contributed by atoms with Gasteiger partial charge in [-0.15, -0.1) is 0 Å². The van der Waals surface area contributed by atoms with Crippen LogP contribution in [0.4, 0.5) is 0 Å². The van der Waals surface area contributed by atoms with Crippen LogP contribution in [0.1, 0.15) is 22.3 Å². The van der Waals surface area contributed by atoms with E-state index in [2.05, 4.69) is 19.1 Å². The molecule has 3 nitrogen and oxygen atoms in total. The summed E-state index contributed by atoms with van der Waals surface area (Å²) in [5.41, 5.74) is 10.2. The molecule has 2 aromatic rings. The minimum Gasteiger partial charge on any atom is -0.496 e. The van der Waals surface area contributed by atoms with Gasteiger partial charge in [-0.05, 0) is 32.0 Å². The van der Waals surface area contributed by atoms with Gasteiger partial charge in [-0.3, -0.25) is 0 Å². The fraction of sp³-hybridized carbons (Fsp3) is 0.294. The van der Waals surface area contributed by atoms with Crippen molar-refractivity contribution < 1.29 is 9.47 Å². The second-order valence-electron chi connectivity index (χ2n) is 4.92. The minimum absolute atomic E-state index is 0.473. The van der Waals surface area contributed by atoms with Crippen molar-refractivity contribution in [1.82, 2.24) is 0 Å². The van der Waals surface area contributed by atoms with Crippen LogP contribution in [0.2, 0.25) is 0 Å². The molecule has 0 saturated carbocycles. The highest BCUT2D eigenvalue weighted by atomic mass is 16.5. The summed E-state index contributed by atoms with van der Waals surface area (Å²) in [4.78, 5) is 0. The van der Waals surface area contributed by atoms with E-state index in [0.717, 1.165) is 22.6 Å². The Bertz CT molecular complexity index is 594. The zero-order chi connectivity index (χ0) is 14.5. The van der Waals surface area contributed by atoms with E-state index in [1.165, 1.54) is 11.1 Å². The van der Waals surface area contributed by atoms with E-state index in [-0.39, 0.29) is 0 Å². The Kier molecular flexibility index (Phi) is 4.64. The number of ether oxygens (including phenoxy) is 2. The van der Waals surface area contributed by atoms with E-state index in [1.54, 1.807) is 7.11 Å². The van der Waals surface area contributed by atoms with Crippen molar-refractivity contribution in [2.24, 2.45) is 5.73 Å². The molecule has 0 aliphatic rings. The second kappa shape index (κ2) is 6.44. The van der Waals surface area contributed by atoms with Crippen LogP contribution in [0.15, 0.2) is 36.4 Å². The molecule has 2 N–H and O–H groups in total. The van der Waals surface area contributed by atoms with Crippen LogP contribution in [0, 0.1) is 13.8 Å². The maximum Gasteiger partial charge on any atom is 0.125 e. The Morgan fingerprint density at radius 2 is 1.50 bits per heavy atom. The smallest absolute Gasteiger partial charge is 0.125 e. The number of methoxy groups -OCH3 is 1. The van der Waals surface area contributed by atoms with E-state index in [0.29, 0.717) is 13.2 Å². The van der Waals surface area contributed by atoms with Crippen LogP contribution in [-0.4, -0.2) is 7.11 Å². The van der Waals surface area contributed by atoms with Crippen molar-refractivity contribution in [3.05, 3.63) is 58.7 Å². The highest BCUT2D eigenvalue weighted by Gasteiger charge is 2.07. The summed E-state index contributed by atoms with van der Waals surface area (Å²) in [5, 5.41) is 0. The molecular weight excluding hydrogens is 250 g/mol. The molecular formula is C17H21NO2.